The first-order valence-electron chi connectivity index (χ1n) is 9.30. The van der Waals surface area contributed by atoms with Gasteiger partial charge in [0.1, 0.15) is 4.90 Å². The molecule has 30 heavy (non-hydrogen) atoms. The molecular formula is C21H23Cl2N3O3S. The van der Waals surface area contributed by atoms with Crippen molar-refractivity contribution in [2.75, 3.05) is 27.2 Å². The molecule has 0 aliphatic carbocycles. The highest BCUT2D eigenvalue weighted by Gasteiger charge is 2.24. The molecular weight excluding hydrogens is 445 g/mol. The van der Waals surface area contributed by atoms with E-state index in [1.54, 1.807) is 24.1 Å². The van der Waals surface area contributed by atoms with E-state index in [1.165, 1.54) is 29.6 Å². The zero-order valence-corrected chi connectivity index (χ0v) is 19.1. The van der Waals surface area contributed by atoms with Crippen molar-refractivity contribution in [1.29, 1.82) is 5.26 Å². The van der Waals surface area contributed by atoms with Crippen molar-refractivity contribution >= 4 is 39.1 Å². The Hall–Kier alpha value is -2.11. The molecule has 0 bridgehead atoms. The summed E-state index contributed by atoms with van der Waals surface area (Å²) < 4.78 is 26.6. The number of sulfonamides is 1. The minimum atomic E-state index is -3.77. The van der Waals surface area contributed by atoms with E-state index in [0.717, 1.165) is 5.56 Å². The first kappa shape index (κ1) is 24.2. The van der Waals surface area contributed by atoms with Gasteiger partial charge in [0.15, 0.2) is 0 Å². The minimum absolute atomic E-state index is 0.00103. The molecule has 2 rings (SSSR count). The molecule has 0 fully saturated rings. The number of nitrogens with zero attached hydrogens (tertiary/aromatic N) is 3. The summed E-state index contributed by atoms with van der Waals surface area (Å²) in [5.41, 5.74) is 1.57. The van der Waals surface area contributed by atoms with Crippen LogP contribution in [0.15, 0.2) is 47.4 Å². The van der Waals surface area contributed by atoms with Crippen LogP contribution in [0, 0.1) is 11.3 Å². The van der Waals surface area contributed by atoms with Crippen molar-refractivity contribution in [2.24, 2.45) is 0 Å². The molecule has 160 valence electrons. The normalized spacial score (nSPS) is 11.3. The lowest BCUT2D eigenvalue weighted by atomic mass is 10.1. The van der Waals surface area contributed by atoms with Gasteiger partial charge < -0.3 is 4.90 Å². The van der Waals surface area contributed by atoms with E-state index in [4.69, 9.17) is 28.5 Å². The molecule has 0 unspecified atom stereocenters. The SMILES string of the molecule is CN(CCCN(C)S(=O)(=O)c1cccc(Cl)c1Cl)C(=O)CCc1ccc(C#N)cc1. The number of carbonyl (C=O) groups excluding carboxylic acids is 1. The third kappa shape index (κ3) is 6.19. The summed E-state index contributed by atoms with van der Waals surface area (Å²) in [6.45, 7) is 0.660. The lowest BCUT2D eigenvalue weighted by Crippen LogP contribution is -2.33. The molecule has 0 heterocycles. The maximum atomic E-state index is 12.7. The molecule has 0 aliphatic heterocycles. The van der Waals surface area contributed by atoms with Gasteiger partial charge in [-0.05, 0) is 42.7 Å². The number of benzene rings is 2. The van der Waals surface area contributed by atoms with Crippen LogP contribution in [-0.4, -0.2) is 50.7 Å². The number of hydrogen-bond donors (Lipinski definition) is 0. The van der Waals surface area contributed by atoms with Crippen molar-refractivity contribution in [3.63, 3.8) is 0 Å². The highest BCUT2D eigenvalue weighted by molar-refractivity contribution is 7.89. The summed E-state index contributed by atoms with van der Waals surface area (Å²) in [5, 5.41) is 9.00. The molecule has 6 nitrogen and oxygen atoms in total. The summed E-state index contributed by atoms with van der Waals surface area (Å²) in [7, 11) is -0.602. The second-order valence-corrected chi connectivity index (χ2v) is 9.65. The van der Waals surface area contributed by atoms with Crippen LogP contribution in [0.2, 0.25) is 10.0 Å². The zero-order chi connectivity index (χ0) is 22.3. The Labute approximate surface area is 187 Å². The smallest absolute Gasteiger partial charge is 0.244 e. The molecule has 0 N–H and O–H groups in total. The van der Waals surface area contributed by atoms with Gasteiger partial charge in [-0.2, -0.15) is 5.26 Å². The maximum absolute atomic E-state index is 12.7. The minimum Gasteiger partial charge on any atom is -0.346 e. The molecule has 0 spiro atoms. The molecule has 0 radical (unpaired) electrons. The van der Waals surface area contributed by atoms with Gasteiger partial charge in [-0.15, -0.1) is 0 Å². The Bertz CT molecular complexity index is 1030. The van der Waals surface area contributed by atoms with E-state index in [0.29, 0.717) is 31.4 Å². The largest absolute Gasteiger partial charge is 0.346 e. The topological polar surface area (TPSA) is 81.5 Å². The molecule has 0 atom stereocenters. The second-order valence-electron chi connectivity index (χ2n) is 6.86. The van der Waals surface area contributed by atoms with Crippen LogP contribution >= 0.6 is 23.2 Å². The van der Waals surface area contributed by atoms with Gasteiger partial charge >= 0.3 is 0 Å². The molecule has 1 amide bonds. The van der Waals surface area contributed by atoms with Crippen LogP contribution in [0.4, 0.5) is 0 Å². The first-order valence-corrected chi connectivity index (χ1v) is 11.5. The quantitative estimate of drug-likeness (QED) is 0.558. The van der Waals surface area contributed by atoms with Gasteiger partial charge in [0.2, 0.25) is 15.9 Å². The molecule has 2 aromatic carbocycles. The summed E-state index contributed by atoms with van der Waals surface area (Å²) in [6.07, 6.45) is 1.40. The summed E-state index contributed by atoms with van der Waals surface area (Å²) in [5.74, 6) is -0.0252. The van der Waals surface area contributed by atoms with Crippen LogP contribution in [0.1, 0.15) is 24.0 Å². The fourth-order valence-electron chi connectivity index (χ4n) is 2.81. The van der Waals surface area contributed by atoms with Gasteiger partial charge in [0.05, 0.1) is 21.7 Å². The number of rotatable bonds is 9. The fourth-order valence-corrected chi connectivity index (χ4v) is 4.76. The van der Waals surface area contributed by atoms with Gasteiger partial charge in [0, 0.05) is 33.6 Å². The Balaban J connectivity index is 1.83. The van der Waals surface area contributed by atoms with Crippen LogP contribution in [0.3, 0.4) is 0 Å². The molecule has 2 aromatic rings. The Kier molecular flexibility index (Phi) is 8.68. The lowest BCUT2D eigenvalue weighted by molar-refractivity contribution is -0.129. The molecule has 9 heteroatoms. The van der Waals surface area contributed by atoms with Gasteiger partial charge in [0.25, 0.3) is 0 Å². The van der Waals surface area contributed by atoms with Gasteiger partial charge in [-0.25, -0.2) is 12.7 Å². The van der Waals surface area contributed by atoms with Gasteiger partial charge in [-0.1, -0.05) is 41.4 Å². The van der Waals surface area contributed by atoms with E-state index >= 15 is 0 Å². The van der Waals surface area contributed by atoms with E-state index in [9.17, 15) is 13.2 Å². The van der Waals surface area contributed by atoms with Crippen molar-refractivity contribution in [2.45, 2.75) is 24.2 Å². The number of aryl methyl sites for hydroxylation is 1. The Morgan fingerprint density at radius 1 is 1.07 bits per heavy atom. The highest BCUT2D eigenvalue weighted by Crippen LogP contribution is 2.30. The lowest BCUT2D eigenvalue weighted by Gasteiger charge is -2.21. The summed E-state index contributed by atoms with van der Waals surface area (Å²) in [4.78, 5) is 13.9. The van der Waals surface area contributed by atoms with Crippen LogP contribution < -0.4 is 0 Å². The average molecular weight is 468 g/mol. The number of carbonyl (C=O) groups is 1. The van der Waals surface area contributed by atoms with E-state index in [1.807, 2.05) is 12.1 Å². The number of hydrogen-bond acceptors (Lipinski definition) is 4. The maximum Gasteiger partial charge on any atom is 0.244 e. The first-order chi connectivity index (χ1) is 14.2. The van der Waals surface area contributed by atoms with Crippen LogP contribution in [0.25, 0.3) is 0 Å². The van der Waals surface area contributed by atoms with Crippen LogP contribution in [-0.2, 0) is 21.2 Å². The number of nitriles is 1. The molecule has 0 saturated heterocycles. The predicted octanol–water partition coefficient (Wildman–Crippen LogP) is 3.97. The third-order valence-corrected chi connectivity index (χ3v) is 7.54. The fraction of sp³-hybridized carbons (Fsp3) is 0.333. The molecule has 0 saturated carbocycles. The number of halogens is 2. The van der Waals surface area contributed by atoms with Crippen molar-refractivity contribution < 1.29 is 13.2 Å². The standard InChI is InChI=1S/C21H23Cl2N3O3S/c1-25(20(27)12-11-16-7-9-17(15-24)10-8-16)13-4-14-26(2)30(28,29)19-6-3-5-18(22)21(19)23/h3,5-10H,4,11-14H2,1-2H3. The third-order valence-electron chi connectivity index (χ3n) is 4.71. The molecule has 0 aromatic heterocycles. The van der Waals surface area contributed by atoms with Crippen LogP contribution in [0.5, 0.6) is 0 Å². The monoisotopic (exact) mass is 467 g/mol. The van der Waals surface area contributed by atoms with Crippen molar-refractivity contribution in [1.82, 2.24) is 9.21 Å². The van der Waals surface area contributed by atoms with Crippen molar-refractivity contribution in [3.8, 4) is 6.07 Å². The average Bonchev–Trinajstić information content (AvgIpc) is 2.73. The van der Waals surface area contributed by atoms with Gasteiger partial charge in [-0.3, -0.25) is 4.79 Å². The summed E-state index contributed by atoms with van der Waals surface area (Å²) >= 11 is 12.0. The molecule has 0 aliphatic rings. The van der Waals surface area contributed by atoms with Crippen molar-refractivity contribution in [3.05, 3.63) is 63.6 Å². The van der Waals surface area contributed by atoms with E-state index in [2.05, 4.69) is 6.07 Å². The summed E-state index contributed by atoms with van der Waals surface area (Å²) in [6, 6.07) is 13.7. The zero-order valence-electron chi connectivity index (χ0n) is 16.8. The van der Waals surface area contributed by atoms with E-state index in [-0.39, 0.29) is 27.4 Å². The second kappa shape index (κ2) is 10.8. The number of amides is 1. The predicted molar refractivity (Wildman–Crippen MR) is 118 cm³/mol. The highest BCUT2D eigenvalue weighted by atomic mass is 35.5. The van der Waals surface area contributed by atoms with E-state index < -0.39 is 10.0 Å². The Morgan fingerprint density at radius 2 is 1.73 bits per heavy atom. The Morgan fingerprint density at radius 3 is 2.37 bits per heavy atom.